The molecule has 60 valence electrons. The van der Waals surface area contributed by atoms with Gasteiger partial charge in [-0.25, -0.2) is 0 Å². The summed E-state index contributed by atoms with van der Waals surface area (Å²) in [6.07, 6.45) is 3.75. The molecule has 0 aliphatic carbocycles. The maximum absolute atomic E-state index is 4.05. The second-order valence-electron chi connectivity index (χ2n) is 3.61. The van der Waals surface area contributed by atoms with E-state index in [9.17, 15) is 0 Å². The molecular weight excluding hydrogens is 249 g/mol. The highest BCUT2D eigenvalue weighted by atomic mass is 127. The Bertz CT molecular complexity index is 250. The van der Waals surface area contributed by atoms with Crippen LogP contribution >= 0.6 is 22.6 Å². The van der Waals surface area contributed by atoms with E-state index in [0.717, 1.165) is 0 Å². The lowest BCUT2D eigenvalue weighted by Gasteiger charge is -2.19. The van der Waals surface area contributed by atoms with Gasteiger partial charge in [-0.1, -0.05) is 20.8 Å². The van der Waals surface area contributed by atoms with E-state index in [1.54, 1.807) is 0 Å². The minimum Gasteiger partial charge on any atom is -0.264 e. The van der Waals surface area contributed by atoms with Crippen LogP contribution in [0.1, 0.15) is 26.3 Å². The molecule has 0 atom stereocenters. The molecule has 0 unspecified atom stereocenters. The molecule has 11 heavy (non-hydrogen) atoms. The van der Waals surface area contributed by atoms with Crippen LogP contribution in [0.25, 0.3) is 0 Å². The van der Waals surface area contributed by atoms with Crippen molar-refractivity contribution in [2.45, 2.75) is 26.2 Å². The number of pyridine rings is 1. The number of rotatable bonds is 0. The predicted molar refractivity (Wildman–Crippen MR) is 55.7 cm³/mol. The van der Waals surface area contributed by atoms with E-state index in [1.807, 2.05) is 12.4 Å². The zero-order valence-corrected chi connectivity index (χ0v) is 9.21. The fourth-order valence-corrected chi connectivity index (χ4v) is 2.13. The minimum absolute atomic E-state index is 0.236. The van der Waals surface area contributed by atoms with Crippen LogP contribution in [-0.2, 0) is 5.41 Å². The maximum Gasteiger partial charge on any atom is 0.0404 e. The van der Waals surface area contributed by atoms with Crippen LogP contribution in [-0.4, -0.2) is 4.98 Å². The van der Waals surface area contributed by atoms with E-state index in [-0.39, 0.29) is 5.41 Å². The van der Waals surface area contributed by atoms with Crippen LogP contribution in [0.3, 0.4) is 0 Å². The third kappa shape index (κ3) is 2.15. The third-order valence-electron chi connectivity index (χ3n) is 1.58. The van der Waals surface area contributed by atoms with Gasteiger partial charge >= 0.3 is 0 Å². The molecule has 0 aliphatic rings. The first-order valence-electron chi connectivity index (χ1n) is 3.62. The van der Waals surface area contributed by atoms with Crippen LogP contribution in [0.5, 0.6) is 0 Å². The van der Waals surface area contributed by atoms with Gasteiger partial charge in [0, 0.05) is 16.0 Å². The van der Waals surface area contributed by atoms with Crippen LogP contribution < -0.4 is 0 Å². The molecule has 0 aliphatic heterocycles. The average Bonchev–Trinajstić information content (AvgIpc) is 1.86. The Hall–Kier alpha value is -0.120. The highest BCUT2D eigenvalue weighted by Crippen LogP contribution is 2.25. The van der Waals surface area contributed by atoms with Crippen molar-refractivity contribution in [2.24, 2.45) is 0 Å². The molecule has 1 aromatic heterocycles. The van der Waals surface area contributed by atoms with Gasteiger partial charge in [0.15, 0.2) is 0 Å². The quantitative estimate of drug-likeness (QED) is 0.654. The van der Waals surface area contributed by atoms with E-state index >= 15 is 0 Å². The lowest BCUT2D eigenvalue weighted by molar-refractivity contribution is 0.585. The summed E-state index contributed by atoms with van der Waals surface area (Å²) in [4.78, 5) is 4.05. The number of hydrogen-bond donors (Lipinski definition) is 0. The van der Waals surface area contributed by atoms with Gasteiger partial charge < -0.3 is 0 Å². The summed E-state index contributed by atoms with van der Waals surface area (Å²) in [5.41, 5.74) is 1.60. The molecule has 0 saturated carbocycles. The SMILES string of the molecule is CC(C)(C)c1ccncc1I. The van der Waals surface area contributed by atoms with Crippen LogP contribution in [0, 0.1) is 3.57 Å². The van der Waals surface area contributed by atoms with Crippen molar-refractivity contribution in [1.29, 1.82) is 0 Å². The molecule has 0 radical (unpaired) electrons. The van der Waals surface area contributed by atoms with Gasteiger partial charge in [0.25, 0.3) is 0 Å². The summed E-state index contributed by atoms with van der Waals surface area (Å²) in [5.74, 6) is 0. The average molecular weight is 261 g/mol. The fourth-order valence-electron chi connectivity index (χ4n) is 0.983. The molecule has 1 rings (SSSR count). The molecule has 0 saturated heterocycles. The molecule has 0 amide bonds. The topological polar surface area (TPSA) is 12.9 Å². The van der Waals surface area contributed by atoms with E-state index in [1.165, 1.54) is 9.13 Å². The monoisotopic (exact) mass is 261 g/mol. The van der Waals surface area contributed by atoms with Gasteiger partial charge in [0.2, 0.25) is 0 Å². The van der Waals surface area contributed by atoms with E-state index in [2.05, 4.69) is 54.4 Å². The summed E-state index contributed by atoms with van der Waals surface area (Å²) in [6.45, 7) is 6.64. The smallest absolute Gasteiger partial charge is 0.0404 e. The molecule has 0 aromatic carbocycles. The van der Waals surface area contributed by atoms with Gasteiger partial charge in [-0.2, -0.15) is 0 Å². The van der Waals surface area contributed by atoms with E-state index in [4.69, 9.17) is 0 Å². The highest BCUT2D eigenvalue weighted by molar-refractivity contribution is 14.1. The standard InChI is InChI=1S/C9H12IN/c1-9(2,3)7-4-5-11-6-8(7)10/h4-6H,1-3H3. The predicted octanol–water partition coefficient (Wildman–Crippen LogP) is 2.98. The van der Waals surface area contributed by atoms with Crippen molar-refractivity contribution in [3.63, 3.8) is 0 Å². The summed E-state index contributed by atoms with van der Waals surface area (Å²) < 4.78 is 1.25. The molecule has 1 heterocycles. The van der Waals surface area contributed by atoms with Crippen LogP contribution in [0.4, 0.5) is 0 Å². The second-order valence-corrected chi connectivity index (χ2v) is 4.77. The van der Waals surface area contributed by atoms with Gasteiger partial charge in [0.1, 0.15) is 0 Å². The Morgan fingerprint density at radius 2 is 2.00 bits per heavy atom. The zero-order valence-electron chi connectivity index (χ0n) is 7.06. The van der Waals surface area contributed by atoms with Crippen molar-refractivity contribution in [3.8, 4) is 0 Å². The number of hydrogen-bond acceptors (Lipinski definition) is 1. The van der Waals surface area contributed by atoms with Crippen molar-refractivity contribution in [1.82, 2.24) is 4.98 Å². The first-order valence-corrected chi connectivity index (χ1v) is 4.69. The molecule has 0 N–H and O–H groups in total. The molecule has 0 fully saturated rings. The lowest BCUT2D eigenvalue weighted by Crippen LogP contribution is -2.12. The van der Waals surface area contributed by atoms with E-state index < -0.39 is 0 Å². The Kier molecular flexibility index (Phi) is 2.52. The molecule has 2 heteroatoms. The molecule has 1 aromatic rings. The van der Waals surface area contributed by atoms with Crippen molar-refractivity contribution < 1.29 is 0 Å². The maximum atomic E-state index is 4.05. The third-order valence-corrected chi connectivity index (χ3v) is 2.44. The summed E-state index contributed by atoms with van der Waals surface area (Å²) >= 11 is 2.32. The summed E-state index contributed by atoms with van der Waals surface area (Å²) in [5, 5.41) is 0. The molecular formula is C9H12IN. The molecule has 0 spiro atoms. The Morgan fingerprint density at radius 1 is 1.36 bits per heavy atom. The van der Waals surface area contributed by atoms with Gasteiger partial charge in [-0.05, 0) is 39.6 Å². The lowest BCUT2D eigenvalue weighted by atomic mass is 9.88. The van der Waals surface area contributed by atoms with Gasteiger partial charge in [-0.15, -0.1) is 0 Å². The zero-order chi connectivity index (χ0) is 8.48. The largest absolute Gasteiger partial charge is 0.264 e. The van der Waals surface area contributed by atoms with Crippen LogP contribution in [0.15, 0.2) is 18.5 Å². The van der Waals surface area contributed by atoms with E-state index in [0.29, 0.717) is 0 Å². The van der Waals surface area contributed by atoms with Crippen molar-refractivity contribution >= 4 is 22.6 Å². The first kappa shape index (κ1) is 8.97. The van der Waals surface area contributed by atoms with Crippen LogP contribution in [0.2, 0.25) is 0 Å². The van der Waals surface area contributed by atoms with Crippen molar-refractivity contribution in [2.75, 3.05) is 0 Å². The Balaban J connectivity index is 3.14. The number of nitrogens with zero attached hydrogens (tertiary/aromatic N) is 1. The Morgan fingerprint density at radius 3 is 2.36 bits per heavy atom. The van der Waals surface area contributed by atoms with Crippen molar-refractivity contribution in [3.05, 3.63) is 27.6 Å². The van der Waals surface area contributed by atoms with Gasteiger partial charge in [-0.3, -0.25) is 4.98 Å². The normalized spacial score (nSPS) is 11.6. The second kappa shape index (κ2) is 3.09. The molecule has 1 nitrogen and oxygen atoms in total. The minimum atomic E-state index is 0.236. The number of aromatic nitrogens is 1. The van der Waals surface area contributed by atoms with Gasteiger partial charge in [0.05, 0.1) is 0 Å². The first-order chi connectivity index (χ1) is 5.02. The fraction of sp³-hybridized carbons (Fsp3) is 0.444. The summed E-state index contributed by atoms with van der Waals surface area (Å²) in [6, 6.07) is 2.09. The highest BCUT2D eigenvalue weighted by Gasteiger charge is 2.15. The summed E-state index contributed by atoms with van der Waals surface area (Å²) in [7, 11) is 0. The Labute approximate surface area is 81.4 Å². The molecule has 0 bridgehead atoms. The number of halogens is 1.